The van der Waals surface area contributed by atoms with Crippen molar-refractivity contribution in [3.8, 4) is 5.75 Å². The van der Waals surface area contributed by atoms with Crippen molar-refractivity contribution in [2.24, 2.45) is 0 Å². The number of carbonyl (C=O) groups excluding carboxylic acids is 1. The molecule has 1 aromatic rings. The van der Waals surface area contributed by atoms with Gasteiger partial charge < -0.3 is 20.1 Å². The van der Waals surface area contributed by atoms with E-state index in [1.807, 2.05) is 12.1 Å². The molecule has 1 unspecified atom stereocenters. The van der Waals surface area contributed by atoms with E-state index in [2.05, 4.69) is 10.2 Å². The largest absolute Gasteiger partial charge is 0.494 e. The van der Waals surface area contributed by atoms with Gasteiger partial charge in [0.1, 0.15) is 5.75 Å². The summed E-state index contributed by atoms with van der Waals surface area (Å²) in [6.45, 7) is 5.93. The van der Waals surface area contributed by atoms with Crippen LogP contribution in [0.25, 0.3) is 0 Å². The molecular formula is C18H28N2O3. The maximum absolute atomic E-state index is 11.9. The summed E-state index contributed by atoms with van der Waals surface area (Å²) >= 11 is 0. The zero-order chi connectivity index (χ0) is 16.5. The molecule has 23 heavy (non-hydrogen) atoms. The maximum atomic E-state index is 11.9. The van der Waals surface area contributed by atoms with Gasteiger partial charge in [-0.15, -0.1) is 0 Å². The number of benzene rings is 1. The van der Waals surface area contributed by atoms with E-state index < -0.39 is 0 Å². The fraction of sp³-hybridized carbons (Fsp3) is 0.611. The van der Waals surface area contributed by atoms with Crippen LogP contribution in [0.15, 0.2) is 24.3 Å². The first kappa shape index (κ1) is 17.8. The van der Waals surface area contributed by atoms with Crippen LogP contribution < -0.4 is 10.1 Å². The van der Waals surface area contributed by atoms with Gasteiger partial charge in [-0.2, -0.15) is 0 Å². The minimum Gasteiger partial charge on any atom is -0.494 e. The molecular weight excluding hydrogens is 292 g/mol. The van der Waals surface area contributed by atoms with Gasteiger partial charge in [-0.3, -0.25) is 4.79 Å². The molecule has 2 N–H and O–H groups in total. The van der Waals surface area contributed by atoms with Gasteiger partial charge in [0.25, 0.3) is 5.91 Å². The second-order valence-electron chi connectivity index (χ2n) is 6.19. The molecule has 0 radical (unpaired) electrons. The van der Waals surface area contributed by atoms with Crippen LogP contribution in [0.3, 0.4) is 0 Å². The van der Waals surface area contributed by atoms with Crippen molar-refractivity contribution >= 4 is 5.91 Å². The predicted molar refractivity (Wildman–Crippen MR) is 90.9 cm³/mol. The highest BCUT2D eigenvalue weighted by molar-refractivity contribution is 5.94. The third-order valence-corrected chi connectivity index (χ3v) is 4.10. The van der Waals surface area contributed by atoms with Crippen molar-refractivity contribution in [2.45, 2.75) is 38.6 Å². The summed E-state index contributed by atoms with van der Waals surface area (Å²) in [6.07, 6.45) is 5.03. The molecule has 1 amide bonds. The number of aliphatic hydroxyl groups is 1. The standard InChI is InChI=1S/C18H28N2O3/c1-15(14-21)19-18(22)16-6-8-17(9-7-16)23-13-5-12-20-10-3-2-4-11-20/h6-9,15,21H,2-5,10-14H2,1H3,(H,19,22). The van der Waals surface area contributed by atoms with E-state index >= 15 is 0 Å². The average molecular weight is 320 g/mol. The first-order valence-corrected chi connectivity index (χ1v) is 8.56. The SMILES string of the molecule is CC(CO)NC(=O)c1ccc(OCCCN2CCCCC2)cc1. The van der Waals surface area contributed by atoms with E-state index in [-0.39, 0.29) is 18.6 Å². The van der Waals surface area contributed by atoms with Crippen LogP contribution >= 0.6 is 0 Å². The first-order valence-electron chi connectivity index (χ1n) is 8.56. The van der Waals surface area contributed by atoms with Crippen LogP contribution in [0.1, 0.15) is 43.0 Å². The molecule has 1 heterocycles. The van der Waals surface area contributed by atoms with Crippen molar-refractivity contribution in [3.05, 3.63) is 29.8 Å². The van der Waals surface area contributed by atoms with Gasteiger partial charge in [-0.25, -0.2) is 0 Å². The van der Waals surface area contributed by atoms with Crippen molar-refractivity contribution in [1.82, 2.24) is 10.2 Å². The molecule has 0 saturated carbocycles. The topological polar surface area (TPSA) is 61.8 Å². The fourth-order valence-electron chi connectivity index (χ4n) is 2.72. The van der Waals surface area contributed by atoms with Gasteiger partial charge in [0, 0.05) is 18.2 Å². The number of nitrogens with one attached hydrogen (secondary N) is 1. The lowest BCUT2D eigenvalue weighted by Gasteiger charge is -2.26. The number of amides is 1. The number of carbonyl (C=O) groups is 1. The van der Waals surface area contributed by atoms with E-state index in [0.29, 0.717) is 12.2 Å². The Morgan fingerprint density at radius 2 is 1.96 bits per heavy atom. The number of likely N-dealkylation sites (tertiary alicyclic amines) is 1. The Balaban J connectivity index is 1.69. The number of nitrogens with zero attached hydrogens (tertiary/aromatic N) is 1. The van der Waals surface area contributed by atoms with Crippen LogP contribution in [0.2, 0.25) is 0 Å². The van der Waals surface area contributed by atoms with Crippen molar-refractivity contribution < 1.29 is 14.6 Å². The summed E-state index contributed by atoms with van der Waals surface area (Å²) in [5, 5.41) is 11.7. The molecule has 1 saturated heterocycles. The van der Waals surface area contributed by atoms with E-state index in [4.69, 9.17) is 9.84 Å². The molecule has 1 aromatic carbocycles. The van der Waals surface area contributed by atoms with E-state index in [0.717, 1.165) is 18.7 Å². The lowest BCUT2D eigenvalue weighted by Crippen LogP contribution is -2.34. The number of rotatable bonds is 8. The summed E-state index contributed by atoms with van der Waals surface area (Å²) in [4.78, 5) is 14.4. The monoisotopic (exact) mass is 320 g/mol. The lowest BCUT2D eigenvalue weighted by atomic mass is 10.1. The minimum atomic E-state index is -0.242. The summed E-state index contributed by atoms with van der Waals surface area (Å²) < 4.78 is 5.74. The zero-order valence-electron chi connectivity index (χ0n) is 14.0. The quantitative estimate of drug-likeness (QED) is 0.720. The molecule has 5 nitrogen and oxygen atoms in total. The second-order valence-corrected chi connectivity index (χ2v) is 6.19. The normalized spacial score (nSPS) is 16.8. The fourth-order valence-corrected chi connectivity index (χ4v) is 2.72. The van der Waals surface area contributed by atoms with Crippen LogP contribution in [0, 0.1) is 0 Å². The number of hydrogen-bond donors (Lipinski definition) is 2. The van der Waals surface area contributed by atoms with E-state index in [1.165, 1.54) is 32.4 Å². The second kappa shape index (κ2) is 9.53. The van der Waals surface area contributed by atoms with Gasteiger partial charge in [0.2, 0.25) is 0 Å². The Morgan fingerprint density at radius 1 is 1.26 bits per heavy atom. The average Bonchev–Trinajstić information content (AvgIpc) is 2.60. The third-order valence-electron chi connectivity index (χ3n) is 4.10. The smallest absolute Gasteiger partial charge is 0.251 e. The van der Waals surface area contributed by atoms with Gasteiger partial charge in [0.05, 0.1) is 13.2 Å². The van der Waals surface area contributed by atoms with Crippen LogP contribution in [0.4, 0.5) is 0 Å². The Bertz CT molecular complexity index is 470. The van der Waals surface area contributed by atoms with Crippen LogP contribution in [0.5, 0.6) is 5.75 Å². The molecule has 1 aliphatic heterocycles. The van der Waals surface area contributed by atoms with Crippen molar-refractivity contribution in [3.63, 3.8) is 0 Å². The molecule has 128 valence electrons. The van der Waals surface area contributed by atoms with Gasteiger partial charge in [-0.1, -0.05) is 6.42 Å². The Kier molecular flexibility index (Phi) is 7.36. The van der Waals surface area contributed by atoms with Crippen LogP contribution in [-0.2, 0) is 0 Å². The Labute approximate surface area is 138 Å². The first-order chi connectivity index (χ1) is 11.2. The molecule has 5 heteroatoms. The van der Waals surface area contributed by atoms with E-state index in [9.17, 15) is 4.79 Å². The zero-order valence-corrected chi connectivity index (χ0v) is 14.0. The maximum Gasteiger partial charge on any atom is 0.251 e. The third kappa shape index (κ3) is 6.20. The summed E-state index contributed by atoms with van der Waals surface area (Å²) in [7, 11) is 0. The number of ether oxygens (including phenoxy) is 1. The molecule has 0 aliphatic carbocycles. The summed E-state index contributed by atoms with van der Waals surface area (Å²) in [5.41, 5.74) is 0.575. The summed E-state index contributed by atoms with van der Waals surface area (Å²) in [6, 6.07) is 6.89. The predicted octanol–water partition coefficient (Wildman–Crippen LogP) is 2.05. The minimum absolute atomic E-state index is 0.0655. The Hall–Kier alpha value is -1.59. The highest BCUT2D eigenvalue weighted by Crippen LogP contribution is 2.13. The molecule has 1 atom stereocenters. The van der Waals surface area contributed by atoms with Gasteiger partial charge in [0.15, 0.2) is 0 Å². The highest BCUT2D eigenvalue weighted by Gasteiger charge is 2.10. The van der Waals surface area contributed by atoms with Crippen molar-refractivity contribution in [1.29, 1.82) is 0 Å². The number of piperidine rings is 1. The number of hydrogen-bond acceptors (Lipinski definition) is 4. The lowest BCUT2D eigenvalue weighted by molar-refractivity contribution is 0.0922. The molecule has 1 fully saturated rings. The molecule has 0 bridgehead atoms. The highest BCUT2D eigenvalue weighted by atomic mass is 16.5. The molecule has 0 spiro atoms. The molecule has 2 rings (SSSR count). The number of aliphatic hydroxyl groups excluding tert-OH is 1. The summed E-state index contributed by atoms with van der Waals surface area (Å²) in [5.74, 6) is 0.610. The van der Waals surface area contributed by atoms with Gasteiger partial charge in [-0.05, 0) is 63.5 Å². The van der Waals surface area contributed by atoms with E-state index in [1.54, 1.807) is 19.1 Å². The van der Waals surface area contributed by atoms with Crippen molar-refractivity contribution in [2.75, 3.05) is 32.8 Å². The van der Waals surface area contributed by atoms with Crippen LogP contribution in [-0.4, -0.2) is 54.8 Å². The molecule has 1 aliphatic rings. The van der Waals surface area contributed by atoms with Gasteiger partial charge >= 0.3 is 0 Å². The molecule has 0 aromatic heterocycles. The Morgan fingerprint density at radius 3 is 2.61 bits per heavy atom.